The maximum Gasteiger partial charge on any atom is 0.262 e. The van der Waals surface area contributed by atoms with Crippen molar-refractivity contribution in [2.24, 2.45) is 0 Å². The normalized spacial score (nSPS) is 12.9. The molecule has 0 radical (unpaired) electrons. The highest BCUT2D eigenvalue weighted by Crippen LogP contribution is 2.30. The number of hydrogen-bond acceptors (Lipinski definition) is 5. The highest BCUT2D eigenvalue weighted by molar-refractivity contribution is 6.08. The van der Waals surface area contributed by atoms with Crippen molar-refractivity contribution in [3.63, 3.8) is 0 Å². The van der Waals surface area contributed by atoms with Crippen LogP contribution in [0.1, 0.15) is 22.8 Å². The molecule has 1 aliphatic rings. The van der Waals surface area contributed by atoms with E-state index in [0.717, 1.165) is 5.56 Å². The highest BCUT2D eigenvalue weighted by atomic mass is 16.5. The molecule has 26 heavy (non-hydrogen) atoms. The largest absolute Gasteiger partial charge is 0.493 e. The number of amides is 1. The van der Waals surface area contributed by atoms with E-state index in [1.54, 1.807) is 37.5 Å². The molecule has 0 saturated carbocycles. The molecule has 0 saturated heterocycles. The number of allylic oxidation sites excluding steroid dienone is 1. The van der Waals surface area contributed by atoms with Gasteiger partial charge in [-0.1, -0.05) is 12.1 Å². The van der Waals surface area contributed by atoms with Crippen molar-refractivity contribution in [3.05, 3.63) is 53.6 Å². The molecule has 2 aromatic rings. The van der Waals surface area contributed by atoms with Crippen LogP contribution in [0, 0.1) is 0 Å². The summed E-state index contributed by atoms with van der Waals surface area (Å²) in [5.74, 6) is 1.40. The molecule has 3 rings (SSSR count). The van der Waals surface area contributed by atoms with Gasteiger partial charge in [0, 0.05) is 5.56 Å². The number of carbonyl (C=O) groups is 2. The Hall–Kier alpha value is -3.28. The molecule has 0 atom stereocenters. The van der Waals surface area contributed by atoms with Crippen molar-refractivity contribution in [1.82, 2.24) is 0 Å². The Kier molecular flexibility index (Phi) is 5.22. The fourth-order valence-electron chi connectivity index (χ4n) is 2.57. The van der Waals surface area contributed by atoms with Crippen LogP contribution in [0.4, 0.5) is 5.69 Å². The van der Waals surface area contributed by atoms with Gasteiger partial charge in [-0.2, -0.15) is 0 Å². The smallest absolute Gasteiger partial charge is 0.262 e. The van der Waals surface area contributed by atoms with Gasteiger partial charge in [-0.3, -0.25) is 9.59 Å². The van der Waals surface area contributed by atoms with E-state index < -0.39 is 0 Å². The summed E-state index contributed by atoms with van der Waals surface area (Å²) in [6.07, 6.45) is 3.18. The van der Waals surface area contributed by atoms with Crippen LogP contribution in [0.5, 0.6) is 17.2 Å². The summed E-state index contributed by atoms with van der Waals surface area (Å²) in [5.41, 5.74) is 1.78. The second kappa shape index (κ2) is 7.74. The average molecular weight is 353 g/mol. The second-order valence-electron chi connectivity index (χ2n) is 5.59. The third kappa shape index (κ3) is 3.85. The van der Waals surface area contributed by atoms with E-state index in [0.29, 0.717) is 35.1 Å². The average Bonchev–Trinajstić information content (AvgIpc) is 2.66. The molecule has 6 heteroatoms. The fourth-order valence-corrected chi connectivity index (χ4v) is 2.57. The highest BCUT2D eigenvalue weighted by Gasteiger charge is 2.17. The van der Waals surface area contributed by atoms with Gasteiger partial charge >= 0.3 is 0 Å². The van der Waals surface area contributed by atoms with E-state index in [1.807, 2.05) is 19.1 Å². The number of fused-ring (bicyclic) bond motifs is 1. The fraction of sp³-hybridized carbons (Fsp3) is 0.200. The Morgan fingerprint density at radius 2 is 2.08 bits per heavy atom. The van der Waals surface area contributed by atoms with E-state index in [1.165, 1.54) is 6.08 Å². The molecule has 1 heterocycles. The Morgan fingerprint density at radius 1 is 1.23 bits per heavy atom. The zero-order valence-electron chi connectivity index (χ0n) is 14.6. The number of carbonyl (C=O) groups excluding carboxylic acids is 2. The van der Waals surface area contributed by atoms with Crippen molar-refractivity contribution in [2.75, 3.05) is 25.6 Å². The number of ketones is 1. The van der Waals surface area contributed by atoms with E-state index in [9.17, 15) is 9.59 Å². The molecule has 0 aromatic heterocycles. The maximum atomic E-state index is 12.4. The van der Waals surface area contributed by atoms with Crippen LogP contribution < -0.4 is 19.5 Å². The summed E-state index contributed by atoms with van der Waals surface area (Å²) in [7, 11) is 1.58. The van der Waals surface area contributed by atoms with Crippen LogP contribution in [-0.4, -0.2) is 32.0 Å². The van der Waals surface area contributed by atoms with Crippen molar-refractivity contribution in [2.45, 2.75) is 6.92 Å². The number of rotatable bonds is 6. The third-order valence-corrected chi connectivity index (χ3v) is 3.81. The summed E-state index contributed by atoms with van der Waals surface area (Å²) in [4.78, 5) is 23.8. The number of hydrogen-bond donors (Lipinski definition) is 1. The first-order chi connectivity index (χ1) is 12.6. The molecule has 0 unspecified atom stereocenters. The number of nitrogens with one attached hydrogen (secondary N) is 1. The molecule has 1 amide bonds. The van der Waals surface area contributed by atoms with Crippen molar-refractivity contribution < 1.29 is 23.8 Å². The van der Waals surface area contributed by atoms with E-state index >= 15 is 0 Å². The van der Waals surface area contributed by atoms with Gasteiger partial charge in [-0.15, -0.1) is 0 Å². The van der Waals surface area contributed by atoms with Crippen molar-refractivity contribution >= 4 is 23.5 Å². The monoisotopic (exact) mass is 353 g/mol. The molecular weight excluding hydrogens is 334 g/mol. The number of ether oxygens (including phenoxy) is 3. The Morgan fingerprint density at radius 3 is 2.85 bits per heavy atom. The van der Waals surface area contributed by atoms with E-state index in [2.05, 4.69) is 5.32 Å². The van der Waals surface area contributed by atoms with Gasteiger partial charge < -0.3 is 19.5 Å². The first-order valence-electron chi connectivity index (χ1n) is 8.20. The lowest BCUT2D eigenvalue weighted by atomic mass is 10.1. The topological polar surface area (TPSA) is 73.9 Å². The van der Waals surface area contributed by atoms with Crippen LogP contribution in [0.2, 0.25) is 0 Å². The summed E-state index contributed by atoms with van der Waals surface area (Å²) < 4.78 is 16.1. The Balaban J connectivity index is 1.78. The summed E-state index contributed by atoms with van der Waals surface area (Å²) in [5, 5.41) is 2.69. The molecule has 0 aliphatic carbocycles. The van der Waals surface area contributed by atoms with Crippen LogP contribution >= 0.6 is 0 Å². The zero-order chi connectivity index (χ0) is 18.5. The quantitative estimate of drug-likeness (QED) is 0.637. The molecule has 0 fully saturated rings. The minimum atomic E-state index is -0.237. The molecule has 6 nitrogen and oxygen atoms in total. The summed E-state index contributed by atoms with van der Waals surface area (Å²) in [6.45, 7) is 2.40. The minimum absolute atomic E-state index is 0.0141. The molecule has 1 aliphatic heterocycles. The molecule has 1 N–H and O–H groups in total. The Bertz CT molecular complexity index is 873. The van der Waals surface area contributed by atoms with Gasteiger partial charge in [0.1, 0.15) is 5.75 Å². The zero-order valence-corrected chi connectivity index (χ0v) is 14.6. The summed E-state index contributed by atoms with van der Waals surface area (Å²) >= 11 is 0. The van der Waals surface area contributed by atoms with Crippen LogP contribution in [0.15, 0.2) is 42.5 Å². The van der Waals surface area contributed by atoms with E-state index in [4.69, 9.17) is 14.2 Å². The first kappa shape index (κ1) is 17.5. The third-order valence-electron chi connectivity index (χ3n) is 3.81. The van der Waals surface area contributed by atoms with Gasteiger partial charge in [0.05, 0.1) is 19.4 Å². The lowest BCUT2D eigenvalue weighted by molar-refractivity contribution is -0.118. The predicted octanol–water partition coefficient (Wildman–Crippen LogP) is 3.32. The summed E-state index contributed by atoms with van der Waals surface area (Å²) in [6, 6.07) is 10.4. The van der Waals surface area contributed by atoms with Gasteiger partial charge in [-0.05, 0) is 48.9 Å². The van der Waals surface area contributed by atoms with Gasteiger partial charge in [0.25, 0.3) is 5.91 Å². The van der Waals surface area contributed by atoms with Crippen molar-refractivity contribution in [3.8, 4) is 17.2 Å². The molecule has 0 spiro atoms. The van der Waals surface area contributed by atoms with Gasteiger partial charge in [-0.25, -0.2) is 0 Å². The lowest BCUT2D eigenvalue weighted by Crippen LogP contribution is -2.25. The predicted molar refractivity (Wildman–Crippen MR) is 98.1 cm³/mol. The molecule has 0 bridgehead atoms. The minimum Gasteiger partial charge on any atom is -0.493 e. The number of methoxy groups -OCH3 is 1. The van der Waals surface area contributed by atoms with Gasteiger partial charge in [0.2, 0.25) is 0 Å². The molecular formula is C20H19NO5. The van der Waals surface area contributed by atoms with Crippen LogP contribution in [0.25, 0.3) is 6.08 Å². The van der Waals surface area contributed by atoms with Gasteiger partial charge in [0.15, 0.2) is 23.9 Å². The number of anilines is 1. The molecule has 134 valence electrons. The SMILES string of the molecule is CCOc1cc(/C=C/C(=O)c2ccc3c(c2)NC(=O)CO3)ccc1OC. The second-order valence-corrected chi connectivity index (χ2v) is 5.59. The first-order valence-corrected chi connectivity index (χ1v) is 8.20. The van der Waals surface area contributed by atoms with Crippen LogP contribution in [-0.2, 0) is 4.79 Å². The van der Waals surface area contributed by atoms with E-state index in [-0.39, 0.29) is 18.3 Å². The number of benzene rings is 2. The molecule has 2 aromatic carbocycles. The maximum absolute atomic E-state index is 12.4. The lowest BCUT2D eigenvalue weighted by Gasteiger charge is -2.17. The standard InChI is InChI=1S/C20H19NO5/c1-3-25-19-10-13(5-8-18(19)24-2)4-7-16(22)14-6-9-17-15(11-14)21-20(23)12-26-17/h4-11H,3,12H2,1-2H3,(H,21,23)/b7-4+. The Labute approximate surface area is 151 Å². The van der Waals surface area contributed by atoms with Crippen LogP contribution in [0.3, 0.4) is 0 Å². The van der Waals surface area contributed by atoms with Crippen molar-refractivity contribution in [1.29, 1.82) is 0 Å².